The number of aromatic amines is 1. The number of aryl methyl sites for hydroxylation is 2. The first-order chi connectivity index (χ1) is 15.4. The van der Waals surface area contributed by atoms with Gasteiger partial charge in [0.2, 0.25) is 0 Å². The molecule has 1 aliphatic heterocycles. The Hall–Kier alpha value is -3.61. The maximum Gasteiger partial charge on any atom is 0.410 e. The molecule has 1 saturated heterocycles. The highest BCUT2D eigenvalue weighted by molar-refractivity contribution is 5.99. The number of alkyl halides is 1. The molecule has 0 radical (unpaired) electrons. The second-order valence-corrected chi connectivity index (χ2v) is 8.37. The predicted octanol–water partition coefficient (Wildman–Crippen LogP) is 2.90. The summed E-state index contributed by atoms with van der Waals surface area (Å²) in [6.07, 6.45) is 2.66. The first-order valence-corrected chi connectivity index (χ1v) is 10.7. The SMILES string of the molecule is Cc1nc(-c2[nH]c3nccc(N4CCN(C(=O)O[C@H]5C[C@H](F)C5)CC4)c3c2C#N)cn1C. The molecule has 0 aromatic carbocycles. The minimum atomic E-state index is -0.852. The van der Waals surface area contributed by atoms with E-state index in [1.165, 1.54) is 0 Å². The first kappa shape index (κ1) is 20.3. The van der Waals surface area contributed by atoms with E-state index in [1.807, 2.05) is 30.8 Å². The Morgan fingerprint density at radius 2 is 2.06 bits per heavy atom. The summed E-state index contributed by atoms with van der Waals surface area (Å²) in [6.45, 7) is 4.09. The molecule has 9 nitrogen and oxygen atoms in total. The zero-order valence-electron chi connectivity index (χ0n) is 18.0. The summed E-state index contributed by atoms with van der Waals surface area (Å²) < 4.78 is 20.3. The summed E-state index contributed by atoms with van der Waals surface area (Å²) in [5.41, 5.74) is 3.39. The molecule has 1 N–H and O–H groups in total. The summed E-state index contributed by atoms with van der Waals surface area (Å²) in [5, 5.41) is 10.7. The molecule has 166 valence electrons. The Morgan fingerprint density at radius 1 is 1.31 bits per heavy atom. The van der Waals surface area contributed by atoms with Crippen LogP contribution in [0.5, 0.6) is 0 Å². The third-order valence-corrected chi connectivity index (χ3v) is 6.33. The lowest BCUT2D eigenvalue weighted by Crippen LogP contribution is -2.50. The van der Waals surface area contributed by atoms with Gasteiger partial charge in [0.1, 0.15) is 35.5 Å². The number of carbonyl (C=O) groups is 1. The number of aromatic nitrogens is 4. The standard InChI is InChI=1S/C22H24FN7O2/c1-13-26-17(12-28(13)2)20-16(11-24)19-18(3-4-25-21(19)27-20)29-5-7-30(8-6-29)22(31)32-15-9-14(23)10-15/h3-4,12,14-15H,5-10H2,1-2H3,(H,25,27)/t14-,15-. The lowest BCUT2D eigenvalue weighted by atomic mass is 9.94. The number of anilines is 1. The van der Waals surface area contributed by atoms with E-state index in [2.05, 4.69) is 25.9 Å². The molecule has 3 aromatic rings. The van der Waals surface area contributed by atoms with Gasteiger partial charge in [-0.1, -0.05) is 0 Å². The Labute approximate surface area is 184 Å². The lowest BCUT2D eigenvalue weighted by molar-refractivity contribution is -0.0132. The molecule has 10 heteroatoms. The van der Waals surface area contributed by atoms with Gasteiger partial charge in [-0.2, -0.15) is 5.26 Å². The van der Waals surface area contributed by atoms with Crippen molar-refractivity contribution in [2.24, 2.45) is 7.05 Å². The Balaban J connectivity index is 1.38. The fourth-order valence-electron chi connectivity index (χ4n) is 4.29. The van der Waals surface area contributed by atoms with Crippen LogP contribution >= 0.6 is 0 Å². The monoisotopic (exact) mass is 437 g/mol. The van der Waals surface area contributed by atoms with Crippen molar-refractivity contribution in [3.8, 4) is 17.5 Å². The van der Waals surface area contributed by atoms with Crippen molar-refractivity contribution in [2.45, 2.75) is 32.0 Å². The Morgan fingerprint density at radius 3 is 2.69 bits per heavy atom. The normalized spacial score (nSPS) is 20.8. The molecule has 32 heavy (non-hydrogen) atoms. The molecule has 3 aromatic heterocycles. The number of hydrogen-bond acceptors (Lipinski definition) is 6. The van der Waals surface area contributed by atoms with Gasteiger partial charge >= 0.3 is 6.09 Å². The van der Waals surface area contributed by atoms with Crippen molar-refractivity contribution in [1.29, 1.82) is 5.26 Å². The summed E-state index contributed by atoms with van der Waals surface area (Å²) in [6, 6.07) is 4.22. The minimum Gasteiger partial charge on any atom is -0.446 e. The second kappa shape index (κ2) is 7.82. The molecule has 1 aliphatic carbocycles. The van der Waals surface area contributed by atoms with E-state index in [4.69, 9.17) is 4.74 Å². The van der Waals surface area contributed by atoms with Crippen molar-refractivity contribution in [1.82, 2.24) is 24.4 Å². The Kier molecular flexibility index (Phi) is 4.96. The molecule has 4 heterocycles. The van der Waals surface area contributed by atoms with Crippen LogP contribution in [0.1, 0.15) is 24.2 Å². The van der Waals surface area contributed by atoms with Crippen LogP contribution in [0.15, 0.2) is 18.5 Å². The van der Waals surface area contributed by atoms with Gasteiger partial charge in [-0.05, 0) is 13.0 Å². The number of pyridine rings is 1. The highest BCUT2D eigenvalue weighted by Gasteiger charge is 2.34. The molecule has 0 unspecified atom stereocenters. The number of ether oxygens (including phenoxy) is 1. The molecule has 2 aliphatic rings. The van der Waals surface area contributed by atoms with E-state index in [0.29, 0.717) is 61.6 Å². The summed E-state index contributed by atoms with van der Waals surface area (Å²) in [4.78, 5) is 28.4. The summed E-state index contributed by atoms with van der Waals surface area (Å²) >= 11 is 0. The zero-order valence-corrected chi connectivity index (χ0v) is 18.0. The van der Waals surface area contributed by atoms with Gasteiger partial charge in [-0.25, -0.2) is 19.2 Å². The van der Waals surface area contributed by atoms with Crippen LogP contribution in [-0.2, 0) is 11.8 Å². The van der Waals surface area contributed by atoms with Crippen LogP contribution in [-0.4, -0.2) is 69.0 Å². The number of rotatable bonds is 3. The van der Waals surface area contributed by atoms with Crippen LogP contribution < -0.4 is 4.90 Å². The maximum atomic E-state index is 13.0. The number of imidazole rings is 1. The van der Waals surface area contributed by atoms with Crippen molar-refractivity contribution < 1.29 is 13.9 Å². The maximum absolute atomic E-state index is 13.0. The molecule has 0 atom stereocenters. The smallest absolute Gasteiger partial charge is 0.410 e. The molecule has 0 bridgehead atoms. The molecule has 5 rings (SSSR count). The van der Waals surface area contributed by atoms with E-state index >= 15 is 0 Å². The average molecular weight is 437 g/mol. The molecular weight excluding hydrogens is 413 g/mol. The lowest BCUT2D eigenvalue weighted by Gasteiger charge is -2.37. The quantitative estimate of drug-likeness (QED) is 0.676. The fourth-order valence-corrected chi connectivity index (χ4v) is 4.29. The first-order valence-electron chi connectivity index (χ1n) is 10.7. The molecular formula is C22H24FN7O2. The number of nitriles is 1. The van der Waals surface area contributed by atoms with Crippen molar-refractivity contribution >= 4 is 22.8 Å². The number of carbonyl (C=O) groups excluding carboxylic acids is 1. The minimum absolute atomic E-state index is 0.295. The number of piperazine rings is 1. The van der Waals surface area contributed by atoms with Gasteiger partial charge < -0.3 is 24.1 Å². The van der Waals surface area contributed by atoms with E-state index in [0.717, 1.165) is 16.9 Å². The van der Waals surface area contributed by atoms with E-state index < -0.39 is 6.17 Å². The van der Waals surface area contributed by atoms with Crippen LogP contribution in [0.3, 0.4) is 0 Å². The number of hydrogen-bond donors (Lipinski definition) is 1. The number of fused-ring (bicyclic) bond motifs is 1. The number of nitrogens with zero attached hydrogens (tertiary/aromatic N) is 6. The molecule has 0 spiro atoms. The van der Waals surface area contributed by atoms with Gasteiger partial charge in [0.15, 0.2) is 0 Å². The van der Waals surface area contributed by atoms with Crippen LogP contribution in [0.4, 0.5) is 14.9 Å². The van der Waals surface area contributed by atoms with Gasteiger partial charge in [0.05, 0.1) is 22.3 Å². The average Bonchev–Trinajstić information content (AvgIpc) is 3.32. The highest BCUT2D eigenvalue weighted by atomic mass is 19.1. The van der Waals surface area contributed by atoms with Gasteiger partial charge in [-0.3, -0.25) is 0 Å². The van der Waals surface area contributed by atoms with Gasteiger partial charge in [0.25, 0.3) is 0 Å². The van der Waals surface area contributed by atoms with E-state index in [9.17, 15) is 14.4 Å². The van der Waals surface area contributed by atoms with Crippen LogP contribution in [0.2, 0.25) is 0 Å². The van der Waals surface area contributed by atoms with E-state index in [-0.39, 0.29) is 12.2 Å². The van der Waals surface area contributed by atoms with Crippen molar-refractivity contribution in [3.63, 3.8) is 0 Å². The van der Waals surface area contributed by atoms with Crippen molar-refractivity contribution in [3.05, 3.63) is 29.8 Å². The van der Waals surface area contributed by atoms with Gasteiger partial charge in [-0.15, -0.1) is 0 Å². The molecule has 1 amide bonds. The topological polar surface area (TPSA) is 103 Å². The second-order valence-electron chi connectivity index (χ2n) is 8.37. The summed E-state index contributed by atoms with van der Waals surface area (Å²) in [5.74, 6) is 0.850. The molecule has 1 saturated carbocycles. The molecule has 2 fully saturated rings. The number of H-pyrrole nitrogens is 1. The van der Waals surface area contributed by atoms with Crippen LogP contribution in [0.25, 0.3) is 22.4 Å². The highest BCUT2D eigenvalue weighted by Crippen LogP contribution is 2.35. The van der Waals surface area contributed by atoms with Crippen LogP contribution in [0, 0.1) is 18.3 Å². The fraction of sp³-hybridized carbons (Fsp3) is 0.455. The number of halogens is 1. The van der Waals surface area contributed by atoms with Crippen molar-refractivity contribution in [2.75, 3.05) is 31.1 Å². The summed E-state index contributed by atoms with van der Waals surface area (Å²) in [7, 11) is 1.91. The zero-order chi connectivity index (χ0) is 22.4. The Bertz CT molecular complexity index is 1190. The number of amides is 1. The predicted molar refractivity (Wildman–Crippen MR) is 116 cm³/mol. The van der Waals surface area contributed by atoms with Gasteiger partial charge in [0, 0.05) is 58.5 Å². The largest absolute Gasteiger partial charge is 0.446 e. The number of nitrogens with one attached hydrogen (secondary N) is 1. The third kappa shape index (κ3) is 3.43. The van der Waals surface area contributed by atoms with E-state index in [1.54, 1.807) is 11.1 Å². The third-order valence-electron chi connectivity index (χ3n) is 6.33.